The van der Waals surface area contributed by atoms with Gasteiger partial charge in [-0.25, -0.2) is 4.98 Å². The number of aryl methyl sites for hydroxylation is 1. The lowest BCUT2D eigenvalue weighted by Crippen LogP contribution is -2.44. The molecular weight excluding hydrogens is 332 g/mol. The number of aromatic hydroxyl groups is 1. The van der Waals surface area contributed by atoms with E-state index in [1.807, 2.05) is 19.1 Å². The van der Waals surface area contributed by atoms with Crippen molar-refractivity contribution in [3.8, 4) is 11.6 Å². The number of aliphatic hydroxyl groups is 2. The van der Waals surface area contributed by atoms with Gasteiger partial charge in [0.2, 0.25) is 5.88 Å². The second-order valence-corrected chi connectivity index (χ2v) is 6.98. The highest BCUT2D eigenvalue weighted by Gasteiger charge is 2.34. The zero-order chi connectivity index (χ0) is 18.7. The Kier molecular flexibility index (Phi) is 5.46. The molecule has 1 aromatic heterocycles. The number of hydrogen-bond acceptors (Lipinski definition) is 6. The first-order valence-electron chi connectivity index (χ1n) is 8.84. The highest BCUT2D eigenvalue weighted by Crippen LogP contribution is 2.33. The van der Waals surface area contributed by atoms with Gasteiger partial charge in [-0.1, -0.05) is 6.07 Å². The number of hydrogen-bond donors (Lipinski definition) is 3. The van der Waals surface area contributed by atoms with Crippen LogP contribution in [0, 0.1) is 6.92 Å². The number of likely N-dealkylation sites (tertiary alicyclic amines) is 1. The fourth-order valence-corrected chi connectivity index (χ4v) is 3.41. The molecule has 1 aromatic carbocycles. The normalized spacial score (nSPS) is 18.5. The monoisotopic (exact) mass is 358 g/mol. The molecule has 140 valence electrons. The van der Waals surface area contributed by atoms with Crippen LogP contribution in [0.2, 0.25) is 0 Å². The number of phenols is 1. The second-order valence-electron chi connectivity index (χ2n) is 6.98. The third-order valence-electron chi connectivity index (χ3n) is 5.20. The summed E-state index contributed by atoms with van der Waals surface area (Å²) in [5, 5.41) is 31.0. The Morgan fingerprint density at radius 1 is 1.23 bits per heavy atom. The van der Waals surface area contributed by atoms with Gasteiger partial charge in [-0.15, -0.1) is 0 Å². The van der Waals surface area contributed by atoms with Crippen molar-refractivity contribution < 1.29 is 20.1 Å². The third-order valence-corrected chi connectivity index (χ3v) is 5.20. The molecule has 0 amide bonds. The lowest BCUT2D eigenvalue weighted by atomic mass is 9.85. The first-order valence-corrected chi connectivity index (χ1v) is 8.84. The van der Waals surface area contributed by atoms with Gasteiger partial charge in [0.15, 0.2) is 0 Å². The predicted octanol–water partition coefficient (Wildman–Crippen LogP) is 2.12. The van der Waals surface area contributed by atoms with Gasteiger partial charge in [0.05, 0.1) is 18.8 Å². The zero-order valence-electron chi connectivity index (χ0n) is 15.2. The summed E-state index contributed by atoms with van der Waals surface area (Å²) in [5.74, 6) is 0.763. The van der Waals surface area contributed by atoms with Gasteiger partial charge in [0, 0.05) is 37.5 Å². The van der Waals surface area contributed by atoms with Crippen LogP contribution in [0.15, 0.2) is 36.5 Å². The smallest absolute Gasteiger partial charge is 0.212 e. The number of ether oxygens (including phenoxy) is 1. The van der Waals surface area contributed by atoms with Crippen LogP contribution in [0.25, 0.3) is 0 Å². The summed E-state index contributed by atoms with van der Waals surface area (Å²) in [6, 6.07) is 8.78. The van der Waals surface area contributed by atoms with Crippen molar-refractivity contribution in [1.82, 2.24) is 9.88 Å². The summed E-state index contributed by atoms with van der Waals surface area (Å²) in [6.07, 6.45) is 2.22. The first kappa shape index (κ1) is 18.6. The van der Waals surface area contributed by atoms with Crippen LogP contribution >= 0.6 is 0 Å². The minimum Gasteiger partial charge on any atom is -0.508 e. The molecule has 6 nitrogen and oxygen atoms in total. The van der Waals surface area contributed by atoms with Crippen LogP contribution < -0.4 is 4.74 Å². The molecule has 1 aliphatic heterocycles. The second kappa shape index (κ2) is 7.61. The standard InChI is InChI=1S/C20H26N2O4/c1-14-11-15(3-5-17(14)23)18(24)13-22-9-7-20(25,8-10-22)16-4-6-19(26-2)21-12-16/h3-6,11-12,18,23-25H,7-10,13H2,1-2H3. The van der Waals surface area contributed by atoms with Crippen molar-refractivity contribution >= 4 is 0 Å². The average molecular weight is 358 g/mol. The number of β-amino-alcohol motifs (C(OH)–C–C–N with tert-alkyl or cyclic N) is 1. The van der Waals surface area contributed by atoms with E-state index in [-0.39, 0.29) is 5.75 Å². The molecular formula is C20H26N2O4. The molecule has 1 unspecified atom stereocenters. The van der Waals surface area contributed by atoms with Crippen LogP contribution in [-0.2, 0) is 5.60 Å². The summed E-state index contributed by atoms with van der Waals surface area (Å²) in [6.45, 7) is 3.70. The van der Waals surface area contributed by atoms with E-state index < -0.39 is 11.7 Å². The molecule has 3 rings (SSSR count). The first-order chi connectivity index (χ1) is 12.4. The van der Waals surface area contributed by atoms with Crippen LogP contribution in [-0.4, -0.2) is 51.9 Å². The zero-order valence-corrected chi connectivity index (χ0v) is 15.2. The predicted molar refractivity (Wildman–Crippen MR) is 98.2 cm³/mol. The number of pyridine rings is 1. The van der Waals surface area contributed by atoms with Crippen LogP contribution in [0.1, 0.15) is 35.6 Å². The molecule has 0 spiro atoms. The molecule has 1 fully saturated rings. The van der Waals surface area contributed by atoms with Crippen LogP contribution in [0.3, 0.4) is 0 Å². The van der Waals surface area contributed by atoms with Gasteiger partial charge in [-0.2, -0.15) is 0 Å². The number of benzene rings is 1. The highest BCUT2D eigenvalue weighted by molar-refractivity contribution is 5.36. The van der Waals surface area contributed by atoms with E-state index in [4.69, 9.17) is 4.74 Å². The largest absolute Gasteiger partial charge is 0.508 e. The number of aliphatic hydroxyl groups excluding tert-OH is 1. The van der Waals surface area contributed by atoms with Gasteiger partial charge in [-0.3, -0.25) is 0 Å². The molecule has 0 radical (unpaired) electrons. The Labute approximate surface area is 153 Å². The highest BCUT2D eigenvalue weighted by atomic mass is 16.5. The van der Waals surface area contributed by atoms with Gasteiger partial charge in [0.1, 0.15) is 5.75 Å². The number of piperidine rings is 1. The van der Waals surface area contributed by atoms with Gasteiger partial charge >= 0.3 is 0 Å². The Balaban J connectivity index is 1.59. The maximum atomic E-state index is 10.9. The minimum absolute atomic E-state index is 0.233. The third kappa shape index (κ3) is 3.98. The Morgan fingerprint density at radius 2 is 1.96 bits per heavy atom. The van der Waals surface area contributed by atoms with E-state index in [0.717, 1.165) is 16.7 Å². The lowest BCUT2D eigenvalue weighted by molar-refractivity contribution is -0.0347. The molecule has 0 saturated carbocycles. The van der Waals surface area contributed by atoms with E-state index in [1.165, 1.54) is 0 Å². The summed E-state index contributed by atoms with van der Waals surface area (Å²) in [7, 11) is 1.57. The number of nitrogens with zero attached hydrogens (tertiary/aromatic N) is 2. The van der Waals surface area contributed by atoms with Crippen LogP contribution in [0.5, 0.6) is 11.6 Å². The molecule has 3 N–H and O–H groups in total. The van der Waals surface area contributed by atoms with E-state index in [9.17, 15) is 15.3 Å². The van der Waals surface area contributed by atoms with Gasteiger partial charge < -0.3 is 25.0 Å². The molecule has 0 aliphatic carbocycles. The number of phenolic OH excluding ortho intramolecular Hbond substituents is 1. The van der Waals surface area contributed by atoms with Crippen molar-refractivity contribution in [3.05, 3.63) is 53.2 Å². The van der Waals surface area contributed by atoms with Gasteiger partial charge in [0.25, 0.3) is 0 Å². The SMILES string of the molecule is COc1ccc(C2(O)CCN(CC(O)c3ccc(O)c(C)c3)CC2)cn1. The van der Waals surface area contributed by atoms with E-state index >= 15 is 0 Å². The summed E-state index contributed by atoms with van der Waals surface area (Å²) in [5.41, 5.74) is 1.45. The van der Waals surface area contributed by atoms with E-state index in [2.05, 4.69) is 9.88 Å². The molecule has 0 bridgehead atoms. The maximum Gasteiger partial charge on any atom is 0.212 e. The van der Waals surface area contributed by atoms with Crippen LogP contribution in [0.4, 0.5) is 0 Å². The molecule has 2 aromatic rings. The molecule has 2 heterocycles. The summed E-state index contributed by atoms with van der Waals surface area (Å²) < 4.78 is 5.06. The summed E-state index contributed by atoms with van der Waals surface area (Å²) in [4.78, 5) is 6.33. The Bertz CT molecular complexity index is 740. The van der Waals surface area contributed by atoms with Crippen molar-refractivity contribution in [2.24, 2.45) is 0 Å². The fourth-order valence-electron chi connectivity index (χ4n) is 3.41. The number of rotatable bonds is 5. The maximum absolute atomic E-state index is 10.9. The lowest BCUT2D eigenvalue weighted by Gasteiger charge is -2.39. The van der Waals surface area contributed by atoms with Crippen molar-refractivity contribution in [2.45, 2.75) is 31.5 Å². The number of aromatic nitrogens is 1. The van der Waals surface area contributed by atoms with Crippen molar-refractivity contribution in [3.63, 3.8) is 0 Å². The Hall–Kier alpha value is -2.15. The van der Waals surface area contributed by atoms with E-state index in [0.29, 0.717) is 38.4 Å². The van der Waals surface area contributed by atoms with Crippen molar-refractivity contribution in [2.75, 3.05) is 26.7 Å². The fraction of sp³-hybridized carbons (Fsp3) is 0.450. The summed E-state index contributed by atoms with van der Waals surface area (Å²) >= 11 is 0. The quantitative estimate of drug-likeness (QED) is 0.759. The molecule has 26 heavy (non-hydrogen) atoms. The molecule has 1 aliphatic rings. The van der Waals surface area contributed by atoms with Crippen molar-refractivity contribution in [1.29, 1.82) is 0 Å². The Morgan fingerprint density at radius 3 is 2.54 bits per heavy atom. The van der Waals surface area contributed by atoms with Gasteiger partial charge in [-0.05, 0) is 49.1 Å². The number of methoxy groups -OCH3 is 1. The van der Waals surface area contributed by atoms with E-state index in [1.54, 1.807) is 31.5 Å². The minimum atomic E-state index is -0.893. The topological polar surface area (TPSA) is 86.1 Å². The molecule has 1 saturated heterocycles. The molecule has 6 heteroatoms. The average Bonchev–Trinajstić information content (AvgIpc) is 2.66. The molecule has 1 atom stereocenters.